The maximum Gasteiger partial charge on any atom is 0.344 e. The first-order valence-corrected chi connectivity index (χ1v) is 8.63. The SMILES string of the molecule is COc1ccc(N2C(=O)C(=CC(C)=NOCC(=O)O)C2c2ccccc2)cc1. The second-order valence-electron chi connectivity index (χ2n) is 6.19. The zero-order chi connectivity index (χ0) is 20.1. The summed E-state index contributed by atoms with van der Waals surface area (Å²) in [7, 11) is 1.59. The fourth-order valence-electron chi connectivity index (χ4n) is 3.00. The van der Waals surface area contributed by atoms with E-state index in [0.717, 1.165) is 11.3 Å². The average Bonchev–Trinajstić information content (AvgIpc) is 2.70. The van der Waals surface area contributed by atoms with Crippen molar-refractivity contribution in [3.8, 4) is 5.75 Å². The minimum absolute atomic E-state index is 0.146. The van der Waals surface area contributed by atoms with Crippen molar-refractivity contribution in [3.63, 3.8) is 0 Å². The van der Waals surface area contributed by atoms with Gasteiger partial charge in [0.25, 0.3) is 5.91 Å². The first-order valence-electron chi connectivity index (χ1n) is 8.63. The number of oxime groups is 1. The van der Waals surface area contributed by atoms with Crippen molar-refractivity contribution in [2.45, 2.75) is 13.0 Å². The number of methoxy groups -OCH3 is 1. The normalized spacial score (nSPS) is 18.0. The number of benzene rings is 2. The van der Waals surface area contributed by atoms with Gasteiger partial charge in [0, 0.05) is 11.3 Å². The number of carboxylic acids is 1. The van der Waals surface area contributed by atoms with Crippen LogP contribution in [0, 0.1) is 0 Å². The Kier molecular flexibility index (Phi) is 5.74. The molecule has 1 fully saturated rings. The highest BCUT2D eigenvalue weighted by atomic mass is 16.6. The molecule has 7 nitrogen and oxygen atoms in total. The molecule has 0 radical (unpaired) electrons. The molecule has 0 aromatic heterocycles. The number of β-lactam (4-membered cyclic amide) rings is 1. The van der Waals surface area contributed by atoms with Crippen molar-refractivity contribution in [2.75, 3.05) is 18.6 Å². The second kappa shape index (κ2) is 8.39. The van der Waals surface area contributed by atoms with E-state index in [1.54, 1.807) is 37.1 Å². The van der Waals surface area contributed by atoms with Crippen LogP contribution in [0.25, 0.3) is 0 Å². The molecule has 1 unspecified atom stereocenters. The molecule has 1 amide bonds. The molecule has 28 heavy (non-hydrogen) atoms. The first-order chi connectivity index (χ1) is 13.5. The van der Waals surface area contributed by atoms with Crippen molar-refractivity contribution in [3.05, 3.63) is 71.8 Å². The fraction of sp³-hybridized carbons (Fsp3) is 0.190. The third-order valence-corrected chi connectivity index (χ3v) is 4.25. The van der Waals surface area contributed by atoms with Gasteiger partial charge < -0.3 is 14.7 Å². The first kappa shape index (κ1) is 19.2. The van der Waals surface area contributed by atoms with Crippen LogP contribution in [0.2, 0.25) is 0 Å². The summed E-state index contributed by atoms with van der Waals surface area (Å²) >= 11 is 0. The Morgan fingerprint density at radius 1 is 1.18 bits per heavy atom. The third kappa shape index (κ3) is 4.03. The number of anilines is 1. The van der Waals surface area contributed by atoms with Crippen LogP contribution >= 0.6 is 0 Å². The van der Waals surface area contributed by atoms with Crippen molar-refractivity contribution in [2.24, 2.45) is 5.16 Å². The standard InChI is InChI=1S/C21H20N2O5/c1-14(22-28-13-19(24)25)12-18-20(15-6-4-3-5-7-15)23(21(18)26)16-8-10-17(27-2)11-9-16/h3-12,20H,13H2,1-2H3,(H,24,25). The van der Waals surface area contributed by atoms with E-state index in [4.69, 9.17) is 14.7 Å². The molecule has 3 rings (SSSR count). The molecular formula is C21H20N2O5. The topological polar surface area (TPSA) is 88.4 Å². The van der Waals surface area contributed by atoms with Gasteiger partial charge in [-0.2, -0.15) is 0 Å². The molecular weight excluding hydrogens is 360 g/mol. The molecule has 1 aliphatic rings. The number of hydrogen-bond donors (Lipinski definition) is 1. The van der Waals surface area contributed by atoms with E-state index in [-0.39, 0.29) is 11.9 Å². The number of aliphatic carboxylic acids is 1. The van der Waals surface area contributed by atoms with Crippen molar-refractivity contribution >= 4 is 23.3 Å². The van der Waals surface area contributed by atoms with Gasteiger partial charge >= 0.3 is 5.97 Å². The van der Waals surface area contributed by atoms with Gasteiger partial charge in [-0.15, -0.1) is 0 Å². The van der Waals surface area contributed by atoms with Gasteiger partial charge in [-0.25, -0.2) is 4.79 Å². The molecule has 1 atom stereocenters. The number of carboxylic acid groups (broad SMARTS) is 1. The van der Waals surface area contributed by atoms with E-state index in [2.05, 4.69) is 5.16 Å². The van der Waals surface area contributed by atoms with Gasteiger partial charge in [0.15, 0.2) is 0 Å². The van der Waals surface area contributed by atoms with E-state index >= 15 is 0 Å². The lowest BCUT2D eigenvalue weighted by atomic mass is 9.86. The highest BCUT2D eigenvalue weighted by molar-refractivity contribution is 6.18. The molecule has 144 valence electrons. The number of carbonyl (C=O) groups is 2. The highest BCUT2D eigenvalue weighted by Crippen LogP contribution is 2.43. The summed E-state index contributed by atoms with van der Waals surface area (Å²) in [4.78, 5) is 29.8. The molecule has 1 saturated heterocycles. The van der Waals surface area contributed by atoms with Gasteiger partial charge in [0.05, 0.1) is 18.9 Å². The van der Waals surface area contributed by atoms with Crippen LogP contribution < -0.4 is 9.64 Å². The largest absolute Gasteiger partial charge is 0.497 e. The Morgan fingerprint density at radius 2 is 1.86 bits per heavy atom. The maximum absolute atomic E-state index is 12.9. The summed E-state index contributed by atoms with van der Waals surface area (Å²) in [6.45, 7) is 1.12. The number of nitrogens with zero attached hydrogens (tertiary/aromatic N) is 2. The predicted molar refractivity (Wildman–Crippen MR) is 104 cm³/mol. The van der Waals surface area contributed by atoms with E-state index in [1.165, 1.54) is 0 Å². The Morgan fingerprint density at radius 3 is 2.46 bits per heavy atom. The van der Waals surface area contributed by atoms with Crippen molar-refractivity contribution in [1.29, 1.82) is 0 Å². The van der Waals surface area contributed by atoms with Crippen LogP contribution in [-0.4, -0.2) is 36.4 Å². The van der Waals surface area contributed by atoms with E-state index in [9.17, 15) is 9.59 Å². The lowest BCUT2D eigenvalue weighted by molar-refractivity contribution is -0.142. The summed E-state index contributed by atoms with van der Waals surface area (Å²) in [5.41, 5.74) is 2.69. The number of hydrogen-bond acceptors (Lipinski definition) is 5. The van der Waals surface area contributed by atoms with Crippen LogP contribution in [0.4, 0.5) is 5.69 Å². The number of amides is 1. The summed E-state index contributed by atoms with van der Waals surface area (Å²) in [6, 6.07) is 16.7. The monoisotopic (exact) mass is 380 g/mol. The van der Waals surface area contributed by atoms with Gasteiger partial charge in [0.1, 0.15) is 5.75 Å². The van der Waals surface area contributed by atoms with Crippen LogP contribution in [0.3, 0.4) is 0 Å². The number of rotatable bonds is 7. The van der Waals surface area contributed by atoms with E-state index < -0.39 is 12.6 Å². The number of carbonyl (C=O) groups excluding carboxylic acids is 1. The Labute approximate surface area is 162 Å². The molecule has 1 heterocycles. The third-order valence-electron chi connectivity index (χ3n) is 4.25. The molecule has 0 aliphatic carbocycles. The lowest BCUT2D eigenvalue weighted by Crippen LogP contribution is -2.49. The lowest BCUT2D eigenvalue weighted by Gasteiger charge is -2.43. The maximum atomic E-state index is 12.9. The van der Waals surface area contributed by atoms with E-state index in [0.29, 0.717) is 17.0 Å². The molecule has 2 aromatic carbocycles. The fourth-order valence-corrected chi connectivity index (χ4v) is 3.00. The van der Waals surface area contributed by atoms with Crippen LogP contribution in [0.1, 0.15) is 18.5 Å². The molecule has 0 saturated carbocycles. The zero-order valence-electron chi connectivity index (χ0n) is 15.5. The predicted octanol–water partition coefficient (Wildman–Crippen LogP) is 3.19. The summed E-state index contributed by atoms with van der Waals surface area (Å²) in [5, 5.41) is 12.4. The van der Waals surface area contributed by atoms with Gasteiger partial charge in [0.2, 0.25) is 6.61 Å². The number of ether oxygens (including phenoxy) is 1. The molecule has 1 aliphatic heterocycles. The Bertz CT molecular complexity index is 920. The highest BCUT2D eigenvalue weighted by Gasteiger charge is 2.43. The average molecular weight is 380 g/mol. The summed E-state index contributed by atoms with van der Waals surface area (Å²) < 4.78 is 5.18. The zero-order valence-corrected chi connectivity index (χ0v) is 15.5. The second-order valence-corrected chi connectivity index (χ2v) is 6.19. The van der Waals surface area contributed by atoms with Crippen LogP contribution in [-0.2, 0) is 14.4 Å². The van der Waals surface area contributed by atoms with Crippen molar-refractivity contribution < 1.29 is 24.3 Å². The molecule has 2 aromatic rings. The van der Waals surface area contributed by atoms with Gasteiger partial charge in [-0.3, -0.25) is 9.69 Å². The van der Waals surface area contributed by atoms with Crippen molar-refractivity contribution in [1.82, 2.24) is 0 Å². The molecule has 7 heteroatoms. The minimum atomic E-state index is -1.11. The van der Waals surface area contributed by atoms with Crippen LogP contribution in [0.15, 0.2) is 71.4 Å². The van der Waals surface area contributed by atoms with Gasteiger partial charge in [-0.05, 0) is 42.8 Å². The van der Waals surface area contributed by atoms with Crippen LogP contribution in [0.5, 0.6) is 5.75 Å². The Hall–Kier alpha value is -3.61. The summed E-state index contributed by atoms with van der Waals surface area (Å²) in [6.07, 6.45) is 1.63. The molecule has 0 spiro atoms. The quantitative estimate of drug-likeness (QED) is 0.345. The van der Waals surface area contributed by atoms with E-state index in [1.807, 2.05) is 42.5 Å². The molecule has 0 bridgehead atoms. The summed E-state index contributed by atoms with van der Waals surface area (Å²) in [5.74, 6) is -0.550. The Balaban J connectivity index is 1.91. The minimum Gasteiger partial charge on any atom is -0.497 e. The smallest absolute Gasteiger partial charge is 0.344 e. The van der Waals surface area contributed by atoms with Gasteiger partial charge in [-0.1, -0.05) is 35.5 Å². The number of allylic oxidation sites excluding steroid dienone is 1. The molecule has 1 N–H and O–H groups in total.